The molecule has 0 saturated carbocycles. The van der Waals surface area contributed by atoms with E-state index >= 15 is 0 Å². The minimum Gasteiger partial charge on any atom is -0.310 e. The van der Waals surface area contributed by atoms with Gasteiger partial charge in [-0.2, -0.15) is 0 Å². The minimum atomic E-state index is -0.518. The Kier molecular flexibility index (Phi) is 8.24. The third-order valence-electron chi connectivity index (χ3n) is 14.7. The lowest BCUT2D eigenvalue weighted by Crippen LogP contribution is -2.29. The van der Waals surface area contributed by atoms with E-state index in [2.05, 4.69) is 255 Å². The molecule has 10 aromatic rings. The van der Waals surface area contributed by atoms with Crippen molar-refractivity contribution in [1.82, 2.24) is 0 Å². The summed E-state index contributed by atoms with van der Waals surface area (Å²) in [5.41, 5.74) is 26.0. The summed E-state index contributed by atoms with van der Waals surface area (Å²) < 4.78 is 0. The van der Waals surface area contributed by atoms with Crippen LogP contribution in [0.15, 0.2) is 237 Å². The molecule has 0 aliphatic heterocycles. The van der Waals surface area contributed by atoms with Crippen molar-refractivity contribution in [3.8, 4) is 66.8 Å². The zero-order valence-corrected chi connectivity index (χ0v) is 36.5. The van der Waals surface area contributed by atoms with Gasteiger partial charge in [0.2, 0.25) is 0 Å². The van der Waals surface area contributed by atoms with E-state index in [9.17, 15) is 0 Å². The largest absolute Gasteiger partial charge is 0.310 e. The Morgan fingerprint density at radius 3 is 1.37 bits per heavy atom. The van der Waals surface area contributed by atoms with Crippen LogP contribution in [0.1, 0.15) is 47.2 Å². The molecule has 0 unspecified atom stereocenters. The summed E-state index contributed by atoms with van der Waals surface area (Å²) in [7, 11) is 0. The average molecular weight is 828 g/mol. The molecule has 0 saturated heterocycles. The molecule has 1 heteroatoms. The van der Waals surface area contributed by atoms with E-state index in [-0.39, 0.29) is 5.41 Å². The lowest BCUT2D eigenvalue weighted by molar-refractivity contribution is 0.660. The molecular weight excluding hydrogens is 783 g/mol. The number of hydrogen-bond acceptors (Lipinski definition) is 1. The first-order chi connectivity index (χ1) is 32.0. The van der Waals surface area contributed by atoms with E-state index in [4.69, 9.17) is 0 Å². The molecule has 306 valence electrons. The molecule has 0 N–H and O–H groups in total. The van der Waals surface area contributed by atoms with Gasteiger partial charge in [-0.1, -0.05) is 214 Å². The highest BCUT2D eigenvalue weighted by atomic mass is 15.1. The van der Waals surface area contributed by atoms with Gasteiger partial charge in [-0.25, -0.2) is 0 Å². The normalized spacial score (nSPS) is 13.9. The fourth-order valence-electron chi connectivity index (χ4n) is 11.9. The van der Waals surface area contributed by atoms with Crippen molar-refractivity contribution in [1.29, 1.82) is 0 Å². The Hall–Kier alpha value is -8.00. The molecule has 3 aliphatic rings. The second kappa shape index (κ2) is 14.3. The highest BCUT2D eigenvalue weighted by Crippen LogP contribution is 2.63. The molecule has 0 bridgehead atoms. The Labute approximate surface area is 381 Å². The van der Waals surface area contributed by atoms with Gasteiger partial charge in [-0.05, 0) is 137 Å². The summed E-state index contributed by atoms with van der Waals surface area (Å²) in [5.74, 6) is 0. The van der Waals surface area contributed by atoms with Crippen LogP contribution in [0, 0.1) is 0 Å². The molecule has 0 fully saturated rings. The highest BCUT2D eigenvalue weighted by molar-refractivity contribution is 6.01. The number of anilines is 3. The second-order valence-electron chi connectivity index (χ2n) is 18.4. The fraction of sp³-hybridized carbons (Fsp3) is 0.0625. The first-order valence-corrected chi connectivity index (χ1v) is 22.8. The van der Waals surface area contributed by atoms with Crippen molar-refractivity contribution in [3.05, 3.63) is 270 Å². The van der Waals surface area contributed by atoms with Gasteiger partial charge in [0.15, 0.2) is 0 Å². The first-order valence-electron chi connectivity index (χ1n) is 22.8. The molecular formula is C64H45N. The van der Waals surface area contributed by atoms with Gasteiger partial charge < -0.3 is 4.90 Å². The van der Waals surface area contributed by atoms with Gasteiger partial charge in [0, 0.05) is 22.5 Å². The molecule has 0 radical (unpaired) electrons. The third-order valence-corrected chi connectivity index (χ3v) is 14.7. The van der Waals surface area contributed by atoms with Gasteiger partial charge in [0.25, 0.3) is 0 Å². The summed E-state index contributed by atoms with van der Waals surface area (Å²) in [5, 5.41) is 0. The van der Waals surface area contributed by atoms with Crippen molar-refractivity contribution in [3.63, 3.8) is 0 Å². The van der Waals surface area contributed by atoms with Crippen LogP contribution in [-0.4, -0.2) is 0 Å². The van der Waals surface area contributed by atoms with Crippen molar-refractivity contribution in [2.24, 2.45) is 0 Å². The number of rotatable bonds is 5. The second-order valence-corrected chi connectivity index (χ2v) is 18.4. The molecule has 10 aromatic carbocycles. The van der Waals surface area contributed by atoms with Crippen LogP contribution in [0.2, 0.25) is 0 Å². The lowest BCUT2D eigenvalue weighted by atomic mass is 9.66. The third kappa shape index (κ3) is 5.39. The molecule has 1 spiro atoms. The Balaban J connectivity index is 0.992. The van der Waals surface area contributed by atoms with Gasteiger partial charge in [0.1, 0.15) is 0 Å². The summed E-state index contributed by atoms with van der Waals surface area (Å²) in [6.07, 6.45) is 0. The molecule has 65 heavy (non-hydrogen) atoms. The van der Waals surface area contributed by atoms with Gasteiger partial charge in [-0.3, -0.25) is 0 Å². The predicted octanol–water partition coefficient (Wildman–Crippen LogP) is 16.8. The summed E-state index contributed by atoms with van der Waals surface area (Å²) in [6.45, 7) is 4.73. The summed E-state index contributed by atoms with van der Waals surface area (Å²) in [4.78, 5) is 2.44. The molecule has 0 aromatic heterocycles. The van der Waals surface area contributed by atoms with Crippen LogP contribution in [-0.2, 0) is 10.8 Å². The van der Waals surface area contributed by atoms with Crippen LogP contribution in [0.3, 0.4) is 0 Å². The number of hydrogen-bond donors (Lipinski definition) is 0. The maximum atomic E-state index is 2.44. The SMILES string of the molecule is CC1(C)c2ccccc2-c2ccc(N(c3ccc(-c4cccc5c4-c4ccccc4C54c5ccccc5-c5ccccc5-c5ccccc54)cc3)c3cccc(-c4ccccc4)c3)cc21. The predicted molar refractivity (Wildman–Crippen MR) is 271 cm³/mol. The van der Waals surface area contributed by atoms with Crippen molar-refractivity contribution in [2.75, 3.05) is 4.90 Å². The minimum absolute atomic E-state index is 0.119. The van der Waals surface area contributed by atoms with Crippen LogP contribution in [0.5, 0.6) is 0 Å². The van der Waals surface area contributed by atoms with E-state index in [0.717, 1.165) is 17.1 Å². The first kappa shape index (κ1) is 37.5. The van der Waals surface area contributed by atoms with E-state index in [1.807, 2.05) is 0 Å². The topological polar surface area (TPSA) is 3.24 Å². The maximum absolute atomic E-state index is 2.44. The zero-order valence-electron chi connectivity index (χ0n) is 36.5. The Morgan fingerprint density at radius 1 is 0.262 bits per heavy atom. The van der Waals surface area contributed by atoms with Crippen LogP contribution in [0.25, 0.3) is 66.8 Å². The van der Waals surface area contributed by atoms with Crippen LogP contribution in [0.4, 0.5) is 17.1 Å². The number of nitrogens with zero attached hydrogens (tertiary/aromatic N) is 1. The van der Waals surface area contributed by atoms with E-state index in [1.54, 1.807) is 0 Å². The average Bonchev–Trinajstić information content (AvgIpc) is 3.75. The van der Waals surface area contributed by atoms with E-state index in [1.165, 1.54) is 100 Å². The molecule has 13 rings (SSSR count). The lowest BCUT2D eigenvalue weighted by Gasteiger charge is -2.35. The zero-order chi connectivity index (χ0) is 43.3. The summed E-state index contributed by atoms with van der Waals surface area (Å²) >= 11 is 0. The molecule has 0 atom stereocenters. The highest BCUT2D eigenvalue weighted by Gasteiger charge is 2.50. The van der Waals surface area contributed by atoms with Crippen LogP contribution < -0.4 is 4.90 Å². The van der Waals surface area contributed by atoms with Crippen LogP contribution >= 0.6 is 0 Å². The van der Waals surface area contributed by atoms with Gasteiger partial charge in [0.05, 0.1) is 5.41 Å². The maximum Gasteiger partial charge on any atom is 0.0725 e. The Bertz CT molecular complexity index is 3450. The molecule has 1 nitrogen and oxygen atoms in total. The van der Waals surface area contributed by atoms with E-state index < -0.39 is 5.41 Å². The van der Waals surface area contributed by atoms with E-state index in [0.29, 0.717) is 0 Å². The summed E-state index contributed by atoms with van der Waals surface area (Å²) in [6, 6.07) is 88.3. The van der Waals surface area contributed by atoms with Gasteiger partial charge >= 0.3 is 0 Å². The quantitative estimate of drug-likeness (QED) is 0.167. The molecule has 0 heterocycles. The van der Waals surface area contributed by atoms with Crippen molar-refractivity contribution >= 4 is 17.1 Å². The smallest absolute Gasteiger partial charge is 0.0725 e. The fourth-order valence-corrected chi connectivity index (χ4v) is 11.9. The van der Waals surface area contributed by atoms with Crippen molar-refractivity contribution in [2.45, 2.75) is 24.7 Å². The number of benzene rings is 10. The van der Waals surface area contributed by atoms with Gasteiger partial charge in [-0.15, -0.1) is 0 Å². The Morgan fingerprint density at radius 2 is 0.708 bits per heavy atom. The number of fused-ring (bicyclic) bond motifs is 15. The molecule has 0 amide bonds. The monoisotopic (exact) mass is 827 g/mol. The standard InChI is InChI=1S/C64H45N/c1-63(2)56-29-12-8-26-53(56)54-39-38-47(41-61(54)63)65(46-21-16-20-44(40-46)42-18-4-3-5-19-42)45-36-34-43(35-37-45)48-28-17-33-60-62(48)55-27-11-15-32-59(55)64(60)57-30-13-9-24-51(57)49-22-6-7-23-50(49)52-25-10-14-31-58(52)64/h3-41H,1-2H3. The molecule has 3 aliphatic carbocycles. The van der Waals surface area contributed by atoms with Crippen molar-refractivity contribution < 1.29 is 0 Å².